The number of para-hydroxylation sites is 1. The van der Waals surface area contributed by atoms with Crippen molar-refractivity contribution in [1.82, 2.24) is 14.8 Å². The lowest BCUT2D eigenvalue weighted by Crippen LogP contribution is -2.12. The van der Waals surface area contributed by atoms with Gasteiger partial charge in [-0.15, -0.1) is 0 Å². The fourth-order valence-corrected chi connectivity index (χ4v) is 2.00. The van der Waals surface area contributed by atoms with Crippen LogP contribution in [0.15, 0.2) is 65.6 Å². The Hall–Kier alpha value is -2.62. The Labute approximate surface area is 110 Å². The van der Waals surface area contributed by atoms with Gasteiger partial charge in [0.2, 0.25) is 0 Å². The van der Waals surface area contributed by atoms with E-state index in [0.717, 1.165) is 17.1 Å². The molecule has 94 valence electrons. The SMILES string of the molecule is O=c1cc(Cc2ccccn2)[nH]n1-c1ccccc1. The van der Waals surface area contributed by atoms with Crippen molar-refractivity contribution in [2.45, 2.75) is 6.42 Å². The van der Waals surface area contributed by atoms with Crippen LogP contribution in [-0.2, 0) is 6.42 Å². The molecule has 0 saturated carbocycles. The summed E-state index contributed by atoms with van der Waals surface area (Å²) in [6.07, 6.45) is 2.37. The Morgan fingerprint density at radius 2 is 1.84 bits per heavy atom. The lowest BCUT2D eigenvalue weighted by molar-refractivity contribution is 0.820. The predicted molar refractivity (Wildman–Crippen MR) is 73.4 cm³/mol. The van der Waals surface area contributed by atoms with Gasteiger partial charge in [0.25, 0.3) is 5.56 Å². The second kappa shape index (κ2) is 4.94. The van der Waals surface area contributed by atoms with Gasteiger partial charge in [0.1, 0.15) is 0 Å². The fourth-order valence-electron chi connectivity index (χ4n) is 2.00. The largest absolute Gasteiger partial charge is 0.295 e. The van der Waals surface area contributed by atoms with Gasteiger partial charge in [-0.25, -0.2) is 4.68 Å². The van der Waals surface area contributed by atoms with E-state index in [4.69, 9.17) is 0 Å². The summed E-state index contributed by atoms with van der Waals surface area (Å²) in [6, 6.07) is 16.9. The maximum absolute atomic E-state index is 11.9. The van der Waals surface area contributed by atoms with Crippen LogP contribution >= 0.6 is 0 Å². The highest BCUT2D eigenvalue weighted by Gasteiger charge is 2.05. The van der Waals surface area contributed by atoms with Crippen molar-refractivity contribution in [3.05, 3.63) is 82.5 Å². The van der Waals surface area contributed by atoms with E-state index in [0.29, 0.717) is 6.42 Å². The minimum absolute atomic E-state index is 0.0582. The monoisotopic (exact) mass is 251 g/mol. The van der Waals surface area contributed by atoms with Gasteiger partial charge < -0.3 is 0 Å². The van der Waals surface area contributed by atoms with Gasteiger partial charge in [-0.1, -0.05) is 24.3 Å². The average Bonchev–Trinajstić information content (AvgIpc) is 2.82. The standard InChI is InChI=1S/C15H13N3O/c19-15-11-13(10-12-6-4-5-9-16-12)17-18(15)14-7-2-1-3-8-14/h1-9,11,17H,10H2. The normalized spacial score (nSPS) is 10.5. The van der Waals surface area contributed by atoms with Crippen LogP contribution in [0, 0.1) is 0 Å². The average molecular weight is 251 g/mol. The molecule has 0 radical (unpaired) electrons. The van der Waals surface area contributed by atoms with E-state index in [1.54, 1.807) is 12.3 Å². The summed E-state index contributed by atoms with van der Waals surface area (Å²) in [7, 11) is 0. The topological polar surface area (TPSA) is 50.7 Å². The highest BCUT2D eigenvalue weighted by atomic mass is 16.1. The van der Waals surface area contributed by atoms with Gasteiger partial charge in [0, 0.05) is 30.1 Å². The molecule has 2 heterocycles. The van der Waals surface area contributed by atoms with E-state index < -0.39 is 0 Å². The van der Waals surface area contributed by atoms with Crippen molar-refractivity contribution in [2.24, 2.45) is 0 Å². The van der Waals surface area contributed by atoms with Crippen LogP contribution in [0.5, 0.6) is 0 Å². The molecule has 0 amide bonds. The summed E-state index contributed by atoms with van der Waals surface area (Å²) in [5, 5.41) is 3.11. The third kappa shape index (κ3) is 2.47. The molecule has 1 aromatic carbocycles. The second-order valence-electron chi connectivity index (χ2n) is 4.29. The predicted octanol–water partition coefficient (Wildman–Crippen LogP) is 2.15. The van der Waals surface area contributed by atoms with Gasteiger partial charge in [0.05, 0.1) is 5.69 Å². The number of aromatic amines is 1. The van der Waals surface area contributed by atoms with Gasteiger partial charge in [0.15, 0.2) is 0 Å². The molecule has 3 aromatic rings. The third-order valence-corrected chi connectivity index (χ3v) is 2.89. The molecule has 2 aromatic heterocycles. The van der Waals surface area contributed by atoms with Gasteiger partial charge in [-0.2, -0.15) is 0 Å². The molecule has 0 aliphatic heterocycles. The molecule has 1 N–H and O–H groups in total. The molecule has 4 heteroatoms. The van der Waals surface area contributed by atoms with Gasteiger partial charge in [-0.3, -0.25) is 14.9 Å². The Morgan fingerprint density at radius 3 is 2.58 bits per heavy atom. The molecule has 0 unspecified atom stereocenters. The quantitative estimate of drug-likeness (QED) is 0.775. The van der Waals surface area contributed by atoms with Crippen LogP contribution in [0.2, 0.25) is 0 Å². The van der Waals surface area contributed by atoms with Crippen LogP contribution < -0.4 is 5.56 Å². The third-order valence-electron chi connectivity index (χ3n) is 2.89. The van der Waals surface area contributed by atoms with Crippen LogP contribution in [0.25, 0.3) is 5.69 Å². The zero-order valence-corrected chi connectivity index (χ0v) is 10.3. The Morgan fingerprint density at radius 1 is 1.05 bits per heavy atom. The molecular formula is C15H13N3O. The number of aromatic nitrogens is 3. The number of benzene rings is 1. The van der Waals surface area contributed by atoms with Crippen molar-refractivity contribution in [3.8, 4) is 5.69 Å². The summed E-state index contributed by atoms with van der Waals surface area (Å²) in [5.74, 6) is 0. The molecule has 4 nitrogen and oxygen atoms in total. The Balaban J connectivity index is 1.92. The van der Waals surface area contributed by atoms with E-state index in [1.165, 1.54) is 4.68 Å². The van der Waals surface area contributed by atoms with Crippen LogP contribution in [0.3, 0.4) is 0 Å². The molecular weight excluding hydrogens is 238 g/mol. The van der Waals surface area contributed by atoms with Gasteiger partial charge in [-0.05, 0) is 24.3 Å². The maximum Gasteiger partial charge on any atom is 0.271 e. The van der Waals surface area contributed by atoms with E-state index in [1.807, 2.05) is 48.5 Å². The fraction of sp³-hybridized carbons (Fsp3) is 0.0667. The van der Waals surface area contributed by atoms with Crippen LogP contribution in [0.4, 0.5) is 0 Å². The van der Waals surface area contributed by atoms with Crippen molar-refractivity contribution in [1.29, 1.82) is 0 Å². The smallest absolute Gasteiger partial charge is 0.271 e. The van der Waals surface area contributed by atoms with E-state index in [9.17, 15) is 4.79 Å². The zero-order chi connectivity index (χ0) is 13.1. The molecule has 0 aliphatic rings. The summed E-state index contributed by atoms with van der Waals surface area (Å²) in [5.41, 5.74) is 2.56. The molecule has 0 aliphatic carbocycles. The molecule has 0 fully saturated rings. The van der Waals surface area contributed by atoms with Crippen LogP contribution in [0.1, 0.15) is 11.4 Å². The lowest BCUT2D eigenvalue weighted by atomic mass is 10.2. The highest BCUT2D eigenvalue weighted by Crippen LogP contribution is 2.06. The van der Waals surface area contributed by atoms with E-state index in [2.05, 4.69) is 10.1 Å². The number of pyridine rings is 1. The number of hydrogen-bond acceptors (Lipinski definition) is 2. The zero-order valence-electron chi connectivity index (χ0n) is 10.3. The molecule has 0 bridgehead atoms. The Kier molecular flexibility index (Phi) is 2.98. The first-order valence-corrected chi connectivity index (χ1v) is 6.09. The molecule has 0 atom stereocenters. The first-order valence-electron chi connectivity index (χ1n) is 6.09. The summed E-state index contributed by atoms with van der Waals surface area (Å²) in [4.78, 5) is 16.2. The number of H-pyrrole nitrogens is 1. The molecule has 19 heavy (non-hydrogen) atoms. The number of rotatable bonds is 3. The first-order chi connectivity index (χ1) is 9.33. The van der Waals surface area contributed by atoms with E-state index in [-0.39, 0.29) is 5.56 Å². The van der Waals surface area contributed by atoms with Crippen LogP contribution in [-0.4, -0.2) is 14.8 Å². The Bertz CT molecular complexity index is 714. The second-order valence-corrected chi connectivity index (χ2v) is 4.29. The van der Waals surface area contributed by atoms with Crippen molar-refractivity contribution >= 4 is 0 Å². The van der Waals surface area contributed by atoms with E-state index >= 15 is 0 Å². The number of nitrogens with zero attached hydrogens (tertiary/aromatic N) is 2. The van der Waals surface area contributed by atoms with Crippen molar-refractivity contribution < 1.29 is 0 Å². The first kappa shape index (κ1) is 11.5. The number of nitrogens with one attached hydrogen (secondary N) is 1. The molecule has 0 saturated heterocycles. The summed E-state index contributed by atoms with van der Waals surface area (Å²) in [6.45, 7) is 0. The molecule has 0 spiro atoms. The number of hydrogen-bond donors (Lipinski definition) is 1. The minimum Gasteiger partial charge on any atom is -0.295 e. The van der Waals surface area contributed by atoms with Gasteiger partial charge >= 0.3 is 0 Å². The van der Waals surface area contributed by atoms with Crippen molar-refractivity contribution in [3.63, 3.8) is 0 Å². The minimum atomic E-state index is -0.0582. The molecule has 3 rings (SSSR count). The van der Waals surface area contributed by atoms with Crippen molar-refractivity contribution in [2.75, 3.05) is 0 Å². The highest BCUT2D eigenvalue weighted by molar-refractivity contribution is 5.30. The summed E-state index contributed by atoms with van der Waals surface area (Å²) < 4.78 is 1.54. The summed E-state index contributed by atoms with van der Waals surface area (Å²) >= 11 is 0. The maximum atomic E-state index is 11.9. The lowest BCUT2D eigenvalue weighted by Gasteiger charge is -2.01.